The lowest BCUT2D eigenvalue weighted by Crippen LogP contribution is -2.21. The highest BCUT2D eigenvalue weighted by Crippen LogP contribution is 2.38. The number of aromatic nitrogens is 1. The highest BCUT2D eigenvalue weighted by molar-refractivity contribution is 5.95. The minimum atomic E-state index is -1.23. The van der Waals surface area contributed by atoms with Crippen molar-refractivity contribution in [1.82, 2.24) is 4.57 Å². The van der Waals surface area contributed by atoms with Crippen molar-refractivity contribution in [3.8, 4) is 11.5 Å². The van der Waals surface area contributed by atoms with Crippen LogP contribution in [0.4, 0.5) is 0 Å². The fourth-order valence-corrected chi connectivity index (χ4v) is 3.28. The van der Waals surface area contributed by atoms with Crippen LogP contribution in [0.25, 0.3) is 28.5 Å². The summed E-state index contributed by atoms with van der Waals surface area (Å²) in [4.78, 5) is 23.3. The zero-order valence-electron chi connectivity index (χ0n) is 16.7. The average Bonchev–Trinajstić information content (AvgIpc) is 3.05. The summed E-state index contributed by atoms with van der Waals surface area (Å²) >= 11 is 0. The molecule has 29 heavy (non-hydrogen) atoms. The second-order valence-corrected chi connectivity index (χ2v) is 7.58. The molecule has 0 amide bonds. The standard InChI is InChI=1S/C19H14N2O4.C4H10/c20-7-2-4-11-3-1-5-12-13-6-8-21-10-14(19(23)24)16(22)9-15(21)18(13)25-17(11)12;1-4(2)3/h1-5,7,9-10,20H,6,8H2,(H,23,24);4H,1-3H3/b4-2+,20-7?;. The van der Waals surface area contributed by atoms with Crippen LogP contribution in [0, 0.1) is 11.3 Å². The number of rotatable bonds is 3. The van der Waals surface area contributed by atoms with Crippen LogP contribution < -0.4 is 5.43 Å². The molecule has 150 valence electrons. The number of nitrogens with one attached hydrogen (secondary N) is 1. The van der Waals surface area contributed by atoms with Gasteiger partial charge in [0.1, 0.15) is 11.1 Å². The number of allylic oxidation sites excluding steroid dienone is 1. The second-order valence-electron chi connectivity index (χ2n) is 7.58. The molecule has 0 atom stereocenters. The molecule has 0 unspecified atom stereocenters. The number of aryl methyl sites for hydroxylation is 2. The van der Waals surface area contributed by atoms with E-state index in [0.717, 1.165) is 22.4 Å². The van der Waals surface area contributed by atoms with Crippen molar-refractivity contribution >= 4 is 29.2 Å². The molecule has 3 heterocycles. The van der Waals surface area contributed by atoms with Crippen LogP contribution in [0.5, 0.6) is 0 Å². The van der Waals surface area contributed by atoms with E-state index < -0.39 is 11.4 Å². The van der Waals surface area contributed by atoms with Gasteiger partial charge in [0.2, 0.25) is 0 Å². The van der Waals surface area contributed by atoms with E-state index in [1.165, 1.54) is 18.5 Å². The Bertz CT molecular complexity index is 1160. The Kier molecular flexibility index (Phi) is 5.82. The molecule has 0 saturated carbocycles. The molecule has 1 aliphatic heterocycles. The number of carbonyl (C=O) groups is 1. The maximum Gasteiger partial charge on any atom is 0.341 e. The number of pyridine rings is 1. The smallest absolute Gasteiger partial charge is 0.341 e. The summed E-state index contributed by atoms with van der Waals surface area (Å²) in [6.07, 6.45) is 6.68. The van der Waals surface area contributed by atoms with E-state index >= 15 is 0 Å². The quantitative estimate of drug-likeness (QED) is 0.623. The first-order valence-corrected chi connectivity index (χ1v) is 9.53. The van der Waals surface area contributed by atoms with Crippen LogP contribution in [0.2, 0.25) is 0 Å². The van der Waals surface area contributed by atoms with Crippen molar-refractivity contribution in [2.24, 2.45) is 5.92 Å². The van der Waals surface area contributed by atoms with Gasteiger partial charge in [-0.25, -0.2) is 4.79 Å². The summed E-state index contributed by atoms with van der Waals surface area (Å²) in [6, 6.07) is 7.13. The molecule has 2 N–H and O–H groups in total. The molecular formula is C23H24N2O4. The van der Waals surface area contributed by atoms with E-state index in [9.17, 15) is 9.59 Å². The van der Waals surface area contributed by atoms with Crippen molar-refractivity contribution in [2.45, 2.75) is 33.7 Å². The van der Waals surface area contributed by atoms with Gasteiger partial charge in [-0.15, -0.1) is 0 Å². The minimum absolute atomic E-state index is 0.238. The topological polar surface area (TPSA) is 96.3 Å². The number of carboxylic acids is 1. The first-order valence-electron chi connectivity index (χ1n) is 9.53. The molecule has 0 bridgehead atoms. The van der Waals surface area contributed by atoms with Gasteiger partial charge in [0.15, 0.2) is 11.2 Å². The zero-order chi connectivity index (χ0) is 21.1. The predicted octanol–water partition coefficient (Wildman–Crippen LogP) is 4.84. The summed E-state index contributed by atoms with van der Waals surface area (Å²) in [5, 5.41) is 17.2. The highest BCUT2D eigenvalue weighted by Gasteiger charge is 2.25. The molecule has 4 rings (SSSR count). The first-order chi connectivity index (χ1) is 13.8. The molecule has 0 spiro atoms. The van der Waals surface area contributed by atoms with Gasteiger partial charge in [0.25, 0.3) is 0 Å². The van der Waals surface area contributed by atoms with E-state index in [0.29, 0.717) is 30.0 Å². The number of carboxylic acid groups (broad SMARTS) is 1. The highest BCUT2D eigenvalue weighted by atomic mass is 16.4. The van der Waals surface area contributed by atoms with Crippen molar-refractivity contribution in [1.29, 1.82) is 5.41 Å². The number of hydrogen-bond acceptors (Lipinski definition) is 4. The number of hydrogen-bond donors (Lipinski definition) is 2. The van der Waals surface area contributed by atoms with Crippen LogP contribution in [-0.2, 0) is 13.0 Å². The van der Waals surface area contributed by atoms with Gasteiger partial charge in [-0.2, -0.15) is 0 Å². The van der Waals surface area contributed by atoms with Gasteiger partial charge in [-0.3, -0.25) is 4.79 Å². The third-order valence-corrected chi connectivity index (χ3v) is 4.41. The Morgan fingerprint density at radius 3 is 2.69 bits per heavy atom. The summed E-state index contributed by atoms with van der Waals surface area (Å²) in [6.45, 7) is 7.08. The van der Waals surface area contributed by atoms with Gasteiger partial charge in [0, 0.05) is 41.5 Å². The molecule has 3 aromatic rings. The number of aromatic carboxylic acids is 1. The van der Waals surface area contributed by atoms with Crippen LogP contribution >= 0.6 is 0 Å². The SMILES string of the molecule is CC(C)C.N=C/C=C/c1cccc2c3c(oc12)-c1cc(=O)c(C(=O)O)cn1CC3. The Morgan fingerprint density at radius 2 is 2.03 bits per heavy atom. The molecule has 0 radical (unpaired) electrons. The third kappa shape index (κ3) is 4.06. The third-order valence-electron chi connectivity index (χ3n) is 4.41. The first kappa shape index (κ1) is 20.3. The summed E-state index contributed by atoms with van der Waals surface area (Å²) in [5.41, 5.74) is 2.39. The largest absolute Gasteiger partial charge is 0.477 e. The predicted molar refractivity (Wildman–Crippen MR) is 115 cm³/mol. The van der Waals surface area contributed by atoms with Crippen LogP contribution in [0.3, 0.4) is 0 Å². The van der Waals surface area contributed by atoms with Crippen molar-refractivity contribution < 1.29 is 14.3 Å². The van der Waals surface area contributed by atoms with Crippen LogP contribution in [-0.4, -0.2) is 21.9 Å². The molecule has 1 aromatic carbocycles. The van der Waals surface area contributed by atoms with E-state index in [4.69, 9.17) is 14.9 Å². The Hall–Kier alpha value is -3.41. The van der Waals surface area contributed by atoms with Gasteiger partial charge in [0.05, 0.1) is 5.69 Å². The lowest BCUT2D eigenvalue weighted by molar-refractivity contribution is 0.0694. The van der Waals surface area contributed by atoms with Gasteiger partial charge >= 0.3 is 5.97 Å². The van der Waals surface area contributed by atoms with Gasteiger partial charge in [-0.1, -0.05) is 39.0 Å². The molecule has 0 saturated heterocycles. The fourth-order valence-electron chi connectivity index (χ4n) is 3.28. The normalized spacial score (nSPS) is 12.4. The second kappa shape index (κ2) is 8.31. The number of benzene rings is 1. The van der Waals surface area contributed by atoms with Crippen LogP contribution in [0.15, 0.2) is 45.8 Å². The Labute approximate surface area is 168 Å². The van der Waals surface area contributed by atoms with Crippen LogP contribution in [0.1, 0.15) is 42.3 Å². The van der Waals surface area contributed by atoms with Crippen molar-refractivity contribution in [3.63, 3.8) is 0 Å². The molecule has 0 aliphatic carbocycles. The zero-order valence-corrected chi connectivity index (χ0v) is 16.7. The van der Waals surface area contributed by atoms with E-state index in [-0.39, 0.29) is 5.56 Å². The average molecular weight is 392 g/mol. The minimum Gasteiger partial charge on any atom is -0.477 e. The summed E-state index contributed by atoms with van der Waals surface area (Å²) < 4.78 is 7.82. The van der Waals surface area contributed by atoms with Crippen molar-refractivity contribution in [3.05, 3.63) is 63.5 Å². The maximum atomic E-state index is 12.1. The molecule has 1 aliphatic rings. The van der Waals surface area contributed by atoms with E-state index in [1.54, 1.807) is 16.7 Å². The van der Waals surface area contributed by atoms with Crippen molar-refractivity contribution in [2.75, 3.05) is 0 Å². The van der Waals surface area contributed by atoms with E-state index in [2.05, 4.69) is 20.8 Å². The summed E-state index contributed by atoms with van der Waals surface area (Å²) in [7, 11) is 0. The number of para-hydroxylation sites is 1. The lowest BCUT2D eigenvalue weighted by Gasteiger charge is -2.18. The molecular weight excluding hydrogens is 368 g/mol. The van der Waals surface area contributed by atoms with Gasteiger partial charge < -0.3 is 19.5 Å². The molecule has 6 heteroatoms. The number of fused-ring (bicyclic) bond motifs is 5. The molecule has 6 nitrogen and oxygen atoms in total. The molecule has 2 aromatic heterocycles. The summed E-state index contributed by atoms with van der Waals surface area (Å²) in [5.74, 6) is 0.209. The Balaban J connectivity index is 0.000000552. The fraction of sp³-hybridized carbons (Fsp3) is 0.261. The van der Waals surface area contributed by atoms with E-state index in [1.807, 2.05) is 18.2 Å². The Morgan fingerprint density at radius 1 is 1.31 bits per heavy atom. The lowest BCUT2D eigenvalue weighted by atomic mass is 10.00. The molecule has 0 fully saturated rings. The monoisotopic (exact) mass is 392 g/mol. The van der Waals surface area contributed by atoms with Gasteiger partial charge in [-0.05, 0) is 24.5 Å². The maximum absolute atomic E-state index is 12.1. The number of nitrogens with zero attached hydrogens (tertiary/aromatic N) is 1. The number of furan rings is 1.